The molecule has 1 aliphatic rings. The first-order valence-corrected chi connectivity index (χ1v) is 12.7. The van der Waals surface area contributed by atoms with Gasteiger partial charge in [-0.1, -0.05) is 18.2 Å². The van der Waals surface area contributed by atoms with Gasteiger partial charge in [0.1, 0.15) is 17.3 Å². The molecule has 0 bridgehead atoms. The average molecular weight is 561 g/mol. The van der Waals surface area contributed by atoms with Crippen LogP contribution in [0.3, 0.4) is 0 Å². The number of fused-ring (bicyclic) bond motifs is 2. The van der Waals surface area contributed by atoms with Crippen LogP contribution in [0.25, 0.3) is 22.0 Å². The quantitative estimate of drug-likeness (QED) is 0.136. The Hall–Kier alpha value is -5.10. The minimum atomic E-state index is -0.837. The maximum absolute atomic E-state index is 14.5. The minimum absolute atomic E-state index is 0.0450. The van der Waals surface area contributed by atoms with E-state index in [1.165, 1.54) is 40.4 Å². The van der Waals surface area contributed by atoms with Crippen molar-refractivity contribution in [2.24, 2.45) is 10.1 Å². The maximum atomic E-state index is 14.5. The molecular formula is C28H18F2N4O5S. The molecule has 0 spiro atoms. The van der Waals surface area contributed by atoms with Crippen LogP contribution in [0.5, 0.6) is 17.2 Å². The highest BCUT2D eigenvalue weighted by molar-refractivity contribution is 7.07. The van der Waals surface area contributed by atoms with Crippen LogP contribution in [0.4, 0.5) is 20.2 Å². The Labute approximate surface area is 229 Å². The van der Waals surface area contributed by atoms with Crippen molar-refractivity contribution in [2.45, 2.75) is 0 Å². The van der Waals surface area contributed by atoms with E-state index in [0.717, 1.165) is 34.2 Å². The van der Waals surface area contributed by atoms with E-state index < -0.39 is 16.6 Å². The third-order valence-electron chi connectivity index (χ3n) is 6.19. The largest absolute Gasteiger partial charge is 0.497 e. The molecule has 0 saturated heterocycles. The first-order chi connectivity index (χ1) is 19.4. The normalized spacial score (nSPS) is 12.9. The summed E-state index contributed by atoms with van der Waals surface area (Å²) < 4.78 is 45.4. The number of hydrogen-bond acceptors (Lipinski definition) is 8. The van der Waals surface area contributed by atoms with Crippen molar-refractivity contribution >= 4 is 39.7 Å². The van der Waals surface area contributed by atoms with Crippen LogP contribution in [-0.2, 0) is 0 Å². The Balaban J connectivity index is 1.51. The molecule has 200 valence electrons. The standard InChI is InChI=1S/C28H18F2N4O5S/c1-37-21-6-4-16-8-18(3-2-17(16)9-21)25-14-40-28(32-23-7-5-20(29)11-22(23)30)33(25)31-13-19-10-26-27(39-15-38-26)12-24(19)34(35)36/h2-14H,15H2,1H3. The summed E-state index contributed by atoms with van der Waals surface area (Å²) in [4.78, 5) is 15.8. The molecule has 5 aromatic rings. The van der Waals surface area contributed by atoms with Gasteiger partial charge in [-0.2, -0.15) is 5.10 Å². The van der Waals surface area contributed by atoms with Crippen molar-refractivity contribution in [3.05, 3.63) is 104 Å². The SMILES string of the molecule is COc1ccc2cc(-c3csc(=Nc4ccc(F)cc4F)n3N=Cc3cc4c(cc3[N+](=O)[O-])OCO4)ccc2c1. The molecule has 0 atom stereocenters. The predicted molar refractivity (Wildman–Crippen MR) is 146 cm³/mol. The molecule has 0 fully saturated rings. The number of rotatable bonds is 6. The van der Waals surface area contributed by atoms with Crippen LogP contribution in [0, 0.1) is 21.7 Å². The molecule has 0 N–H and O–H groups in total. The van der Waals surface area contributed by atoms with Gasteiger partial charge in [-0.25, -0.2) is 18.4 Å². The fraction of sp³-hybridized carbons (Fsp3) is 0.0714. The molecule has 1 aliphatic heterocycles. The molecule has 0 saturated carbocycles. The summed E-state index contributed by atoms with van der Waals surface area (Å²) >= 11 is 1.18. The van der Waals surface area contributed by atoms with Gasteiger partial charge in [-0.15, -0.1) is 11.3 Å². The van der Waals surface area contributed by atoms with E-state index in [1.807, 2.05) is 36.4 Å². The number of hydrogen-bond donors (Lipinski definition) is 0. The first kappa shape index (κ1) is 25.2. The van der Waals surface area contributed by atoms with Crippen LogP contribution in [0.1, 0.15) is 5.56 Å². The molecule has 2 heterocycles. The lowest BCUT2D eigenvalue weighted by Crippen LogP contribution is -2.12. The number of nitro benzene ring substituents is 1. The second-order valence-electron chi connectivity index (χ2n) is 8.62. The fourth-order valence-corrected chi connectivity index (χ4v) is 5.05. The second-order valence-corrected chi connectivity index (χ2v) is 9.45. The van der Waals surface area contributed by atoms with Crippen molar-refractivity contribution in [1.29, 1.82) is 0 Å². The molecule has 0 aliphatic carbocycles. The smallest absolute Gasteiger partial charge is 0.282 e. The number of thiazole rings is 1. The van der Waals surface area contributed by atoms with Gasteiger partial charge in [0.2, 0.25) is 11.6 Å². The van der Waals surface area contributed by atoms with Crippen molar-refractivity contribution in [2.75, 3.05) is 13.9 Å². The summed E-state index contributed by atoms with van der Waals surface area (Å²) in [6.45, 7) is -0.0450. The zero-order chi connectivity index (χ0) is 27.8. The van der Waals surface area contributed by atoms with E-state index in [4.69, 9.17) is 14.2 Å². The highest BCUT2D eigenvalue weighted by Gasteiger charge is 2.23. The molecule has 0 radical (unpaired) electrons. The molecule has 12 heteroatoms. The summed E-state index contributed by atoms with van der Waals surface area (Å²) in [5.41, 5.74) is 1.23. The van der Waals surface area contributed by atoms with Crippen molar-refractivity contribution in [3.63, 3.8) is 0 Å². The highest BCUT2D eigenvalue weighted by Crippen LogP contribution is 2.37. The Morgan fingerprint density at radius 3 is 2.58 bits per heavy atom. The Morgan fingerprint density at radius 2 is 1.80 bits per heavy atom. The van der Waals surface area contributed by atoms with Gasteiger partial charge in [-0.05, 0) is 47.2 Å². The fourth-order valence-electron chi connectivity index (χ4n) is 4.20. The predicted octanol–water partition coefficient (Wildman–Crippen LogP) is 6.41. The Morgan fingerprint density at radius 1 is 1.02 bits per heavy atom. The monoisotopic (exact) mass is 560 g/mol. The number of benzene rings is 4. The molecular weight excluding hydrogens is 542 g/mol. The summed E-state index contributed by atoms with van der Waals surface area (Å²) in [7, 11) is 1.60. The van der Waals surface area contributed by atoms with Crippen molar-refractivity contribution in [3.8, 4) is 28.5 Å². The third kappa shape index (κ3) is 4.76. The summed E-state index contributed by atoms with van der Waals surface area (Å²) in [6, 6.07) is 17.3. The minimum Gasteiger partial charge on any atom is -0.497 e. The molecule has 6 rings (SSSR count). The molecule has 1 aromatic heterocycles. The van der Waals surface area contributed by atoms with E-state index >= 15 is 0 Å². The van der Waals surface area contributed by atoms with Crippen LogP contribution < -0.4 is 19.0 Å². The van der Waals surface area contributed by atoms with Gasteiger partial charge in [0, 0.05) is 17.0 Å². The van der Waals surface area contributed by atoms with Crippen LogP contribution in [-0.4, -0.2) is 29.7 Å². The van der Waals surface area contributed by atoms with Gasteiger partial charge in [0.05, 0.1) is 35.6 Å². The molecule has 4 aromatic carbocycles. The van der Waals surface area contributed by atoms with E-state index in [9.17, 15) is 18.9 Å². The number of methoxy groups -OCH3 is 1. The van der Waals surface area contributed by atoms with Gasteiger partial charge in [0.15, 0.2) is 17.3 Å². The number of halogens is 2. The second kappa shape index (κ2) is 10.2. The van der Waals surface area contributed by atoms with Crippen LogP contribution in [0.15, 0.2) is 82.2 Å². The van der Waals surface area contributed by atoms with Gasteiger partial charge >= 0.3 is 0 Å². The summed E-state index contributed by atoms with van der Waals surface area (Å²) in [5.74, 6) is -0.217. The lowest BCUT2D eigenvalue weighted by atomic mass is 10.1. The van der Waals surface area contributed by atoms with Crippen molar-refractivity contribution in [1.82, 2.24) is 4.68 Å². The van der Waals surface area contributed by atoms with E-state index in [0.29, 0.717) is 11.4 Å². The molecule has 0 unspecified atom stereocenters. The molecule has 40 heavy (non-hydrogen) atoms. The zero-order valence-corrected chi connectivity index (χ0v) is 21.5. The lowest BCUT2D eigenvalue weighted by molar-refractivity contribution is -0.385. The number of ether oxygens (including phenoxy) is 3. The summed E-state index contributed by atoms with van der Waals surface area (Å²) in [5, 5.41) is 20.0. The molecule has 9 nitrogen and oxygen atoms in total. The van der Waals surface area contributed by atoms with E-state index in [2.05, 4.69) is 10.1 Å². The van der Waals surface area contributed by atoms with Crippen LogP contribution in [0.2, 0.25) is 0 Å². The Bertz CT molecular complexity index is 1900. The van der Waals surface area contributed by atoms with Crippen LogP contribution >= 0.6 is 11.3 Å². The summed E-state index contributed by atoms with van der Waals surface area (Å²) in [6.07, 6.45) is 1.31. The van der Waals surface area contributed by atoms with E-state index in [1.54, 1.807) is 12.5 Å². The first-order valence-electron chi connectivity index (χ1n) is 11.8. The topological polar surface area (TPSA) is 100 Å². The van der Waals surface area contributed by atoms with Gasteiger partial charge < -0.3 is 14.2 Å². The molecule has 0 amide bonds. The number of nitro groups is 1. The van der Waals surface area contributed by atoms with Gasteiger partial charge in [-0.3, -0.25) is 10.1 Å². The lowest BCUT2D eigenvalue weighted by Gasteiger charge is -2.07. The average Bonchev–Trinajstić information content (AvgIpc) is 3.58. The Kier molecular flexibility index (Phi) is 6.44. The third-order valence-corrected chi connectivity index (χ3v) is 7.00. The number of aromatic nitrogens is 1. The zero-order valence-electron chi connectivity index (χ0n) is 20.7. The van der Waals surface area contributed by atoms with E-state index in [-0.39, 0.29) is 34.3 Å². The highest BCUT2D eigenvalue weighted by atomic mass is 32.1. The maximum Gasteiger partial charge on any atom is 0.282 e. The van der Waals surface area contributed by atoms with Crippen molar-refractivity contribution < 1.29 is 27.9 Å². The van der Waals surface area contributed by atoms with Gasteiger partial charge in [0.25, 0.3) is 5.69 Å². The number of nitrogens with zero attached hydrogens (tertiary/aromatic N) is 4.